The maximum atomic E-state index is 12.3. The molecular weight excluding hydrogens is 318 g/mol. The molecule has 0 aromatic heterocycles. The first kappa shape index (κ1) is 17.9. The fraction of sp³-hybridized carbons (Fsp3) is 0.632. The van der Waals surface area contributed by atoms with E-state index in [-0.39, 0.29) is 23.2 Å². The predicted molar refractivity (Wildman–Crippen MR) is 97.1 cm³/mol. The van der Waals surface area contributed by atoms with Gasteiger partial charge in [-0.1, -0.05) is 6.07 Å². The Hall–Kier alpha value is -1.95. The molecule has 25 heavy (non-hydrogen) atoms. The SMILES string of the molecule is CC1(C)CC(NC(=O)NCc2ccc3c(c2)OCCO3)CC(C)(C)N1. The number of benzene rings is 1. The van der Waals surface area contributed by atoms with Crippen molar-refractivity contribution in [3.8, 4) is 11.5 Å². The Balaban J connectivity index is 1.53. The third kappa shape index (κ3) is 4.78. The molecule has 3 rings (SSSR count). The lowest BCUT2D eigenvalue weighted by molar-refractivity contribution is 0.147. The van der Waals surface area contributed by atoms with Crippen molar-refractivity contribution in [2.24, 2.45) is 0 Å². The molecule has 1 aromatic carbocycles. The van der Waals surface area contributed by atoms with Crippen LogP contribution in [-0.4, -0.2) is 36.4 Å². The molecule has 0 saturated carbocycles. The average Bonchev–Trinajstić information content (AvgIpc) is 2.49. The predicted octanol–water partition coefficient (Wildman–Crippen LogP) is 2.57. The average molecular weight is 347 g/mol. The highest BCUT2D eigenvalue weighted by atomic mass is 16.6. The Bertz CT molecular complexity index is 627. The molecule has 1 aromatic rings. The number of nitrogens with one attached hydrogen (secondary N) is 3. The molecule has 0 atom stereocenters. The van der Waals surface area contributed by atoms with E-state index in [2.05, 4.69) is 43.6 Å². The normalized spacial score (nSPS) is 21.4. The topological polar surface area (TPSA) is 71.6 Å². The zero-order valence-electron chi connectivity index (χ0n) is 15.6. The zero-order valence-corrected chi connectivity index (χ0v) is 15.6. The summed E-state index contributed by atoms with van der Waals surface area (Å²) in [6.07, 6.45) is 1.82. The van der Waals surface area contributed by atoms with E-state index in [9.17, 15) is 4.79 Å². The molecule has 6 heteroatoms. The van der Waals surface area contributed by atoms with Gasteiger partial charge in [0.1, 0.15) is 13.2 Å². The van der Waals surface area contributed by atoms with E-state index >= 15 is 0 Å². The number of rotatable bonds is 3. The molecule has 2 aliphatic heterocycles. The van der Waals surface area contributed by atoms with Crippen LogP contribution in [0, 0.1) is 0 Å². The molecule has 1 saturated heterocycles. The Morgan fingerprint density at radius 3 is 2.44 bits per heavy atom. The van der Waals surface area contributed by atoms with Gasteiger partial charge < -0.3 is 25.4 Å². The minimum absolute atomic E-state index is 0.00945. The van der Waals surface area contributed by atoms with E-state index in [1.165, 1.54) is 0 Å². The van der Waals surface area contributed by atoms with Crippen LogP contribution >= 0.6 is 0 Å². The molecule has 3 N–H and O–H groups in total. The van der Waals surface area contributed by atoms with E-state index in [1.807, 2.05) is 18.2 Å². The minimum atomic E-state index is -0.131. The lowest BCUT2D eigenvalue weighted by Gasteiger charge is -2.46. The van der Waals surface area contributed by atoms with Gasteiger partial charge in [0.25, 0.3) is 0 Å². The number of fused-ring (bicyclic) bond motifs is 1. The number of hydrogen-bond donors (Lipinski definition) is 3. The van der Waals surface area contributed by atoms with E-state index in [1.54, 1.807) is 0 Å². The summed E-state index contributed by atoms with van der Waals surface area (Å²) >= 11 is 0. The third-order valence-electron chi connectivity index (χ3n) is 4.59. The second kappa shape index (κ2) is 6.75. The van der Waals surface area contributed by atoms with Crippen molar-refractivity contribution in [3.63, 3.8) is 0 Å². The maximum absolute atomic E-state index is 12.3. The molecule has 0 bridgehead atoms. The number of ether oxygens (including phenoxy) is 2. The largest absolute Gasteiger partial charge is 0.486 e. The first-order chi connectivity index (χ1) is 11.7. The molecule has 0 radical (unpaired) electrons. The summed E-state index contributed by atoms with van der Waals surface area (Å²) in [6, 6.07) is 5.79. The molecule has 0 aliphatic carbocycles. The van der Waals surface area contributed by atoms with E-state index in [0.29, 0.717) is 19.8 Å². The molecule has 1 fully saturated rings. The van der Waals surface area contributed by atoms with Gasteiger partial charge in [-0.25, -0.2) is 4.79 Å². The highest BCUT2D eigenvalue weighted by Gasteiger charge is 2.38. The van der Waals surface area contributed by atoms with Gasteiger partial charge in [0.05, 0.1) is 0 Å². The van der Waals surface area contributed by atoms with E-state index in [0.717, 1.165) is 29.9 Å². The van der Waals surface area contributed by atoms with Gasteiger partial charge in [0, 0.05) is 23.7 Å². The van der Waals surface area contributed by atoms with Gasteiger partial charge in [0.15, 0.2) is 11.5 Å². The fourth-order valence-electron chi connectivity index (χ4n) is 4.04. The van der Waals surface area contributed by atoms with E-state index < -0.39 is 0 Å². The fourth-order valence-corrected chi connectivity index (χ4v) is 4.04. The number of piperidine rings is 1. The van der Waals surface area contributed by atoms with Gasteiger partial charge in [-0.2, -0.15) is 0 Å². The summed E-state index contributed by atoms with van der Waals surface area (Å²) in [5.74, 6) is 1.51. The highest BCUT2D eigenvalue weighted by Crippen LogP contribution is 2.31. The van der Waals surface area contributed by atoms with Gasteiger partial charge in [-0.15, -0.1) is 0 Å². The maximum Gasteiger partial charge on any atom is 0.315 e. The number of hydrogen-bond acceptors (Lipinski definition) is 4. The number of carbonyl (C=O) groups excluding carboxylic acids is 1. The summed E-state index contributed by atoms with van der Waals surface area (Å²) in [5, 5.41) is 9.68. The number of urea groups is 1. The highest BCUT2D eigenvalue weighted by molar-refractivity contribution is 5.74. The van der Waals surface area contributed by atoms with Crippen LogP contribution in [0.25, 0.3) is 0 Å². The summed E-state index contributed by atoms with van der Waals surface area (Å²) < 4.78 is 11.1. The molecule has 138 valence electrons. The summed E-state index contributed by atoms with van der Waals surface area (Å²) in [7, 11) is 0. The molecule has 6 nitrogen and oxygen atoms in total. The van der Waals surface area contributed by atoms with Crippen LogP contribution in [0.1, 0.15) is 46.1 Å². The van der Waals surface area contributed by atoms with Crippen LogP contribution in [-0.2, 0) is 6.54 Å². The van der Waals surface area contributed by atoms with Crippen LogP contribution in [0.15, 0.2) is 18.2 Å². The van der Waals surface area contributed by atoms with Crippen LogP contribution in [0.2, 0.25) is 0 Å². The van der Waals surface area contributed by atoms with Crippen LogP contribution in [0.3, 0.4) is 0 Å². The molecular formula is C19H29N3O3. The van der Waals surface area contributed by atoms with Crippen molar-refractivity contribution in [1.82, 2.24) is 16.0 Å². The van der Waals surface area contributed by atoms with Crippen molar-refractivity contribution in [2.45, 2.75) is 64.2 Å². The minimum Gasteiger partial charge on any atom is -0.486 e. The first-order valence-electron chi connectivity index (χ1n) is 8.95. The zero-order chi connectivity index (χ0) is 18.1. The quantitative estimate of drug-likeness (QED) is 0.786. The molecule has 2 heterocycles. The Kier molecular flexibility index (Phi) is 4.82. The molecule has 0 spiro atoms. The van der Waals surface area contributed by atoms with Crippen LogP contribution in [0.5, 0.6) is 11.5 Å². The van der Waals surface area contributed by atoms with Gasteiger partial charge >= 0.3 is 6.03 Å². The Labute approximate surface area is 149 Å². The first-order valence-corrected chi connectivity index (χ1v) is 8.95. The number of carbonyl (C=O) groups is 1. The van der Waals surface area contributed by atoms with Crippen molar-refractivity contribution in [3.05, 3.63) is 23.8 Å². The summed E-state index contributed by atoms with van der Waals surface area (Å²) in [6.45, 7) is 10.3. The molecule has 2 amide bonds. The molecule has 0 unspecified atom stereocenters. The lowest BCUT2D eigenvalue weighted by Crippen LogP contribution is -2.62. The number of amides is 2. The lowest BCUT2D eigenvalue weighted by atomic mass is 9.80. The van der Waals surface area contributed by atoms with Crippen molar-refractivity contribution in [1.29, 1.82) is 0 Å². The van der Waals surface area contributed by atoms with Crippen molar-refractivity contribution >= 4 is 6.03 Å². The second-order valence-electron chi connectivity index (χ2n) is 8.30. The van der Waals surface area contributed by atoms with Crippen molar-refractivity contribution in [2.75, 3.05) is 13.2 Å². The smallest absolute Gasteiger partial charge is 0.315 e. The monoisotopic (exact) mass is 347 g/mol. The van der Waals surface area contributed by atoms with Crippen LogP contribution in [0.4, 0.5) is 4.79 Å². The Morgan fingerprint density at radius 1 is 1.12 bits per heavy atom. The van der Waals surface area contributed by atoms with E-state index in [4.69, 9.17) is 9.47 Å². The van der Waals surface area contributed by atoms with Gasteiger partial charge in [-0.05, 0) is 58.2 Å². The second-order valence-corrected chi connectivity index (χ2v) is 8.30. The van der Waals surface area contributed by atoms with Gasteiger partial charge in [0.2, 0.25) is 0 Å². The van der Waals surface area contributed by atoms with Crippen LogP contribution < -0.4 is 25.4 Å². The Morgan fingerprint density at radius 2 is 1.76 bits per heavy atom. The summed E-state index contributed by atoms with van der Waals surface area (Å²) in [5.41, 5.74) is 1.01. The summed E-state index contributed by atoms with van der Waals surface area (Å²) in [4.78, 5) is 12.3. The third-order valence-corrected chi connectivity index (χ3v) is 4.59. The van der Waals surface area contributed by atoms with Crippen molar-refractivity contribution < 1.29 is 14.3 Å². The molecule has 2 aliphatic rings. The standard InChI is InChI=1S/C19H29N3O3/c1-18(2)10-14(11-19(3,4)22-18)21-17(23)20-12-13-5-6-15-16(9-13)25-8-7-24-15/h5-6,9,14,22H,7-8,10-12H2,1-4H3,(H2,20,21,23). The van der Waals surface area contributed by atoms with Gasteiger partial charge in [-0.3, -0.25) is 0 Å².